The largest absolute Gasteiger partial charge is 0.478 e. The first-order valence-electron chi connectivity index (χ1n) is 10.6. The van der Waals surface area contributed by atoms with Gasteiger partial charge in [-0.25, -0.2) is 17.6 Å². The first-order chi connectivity index (χ1) is 15.9. The summed E-state index contributed by atoms with van der Waals surface area (Å²) in [6.45, 7) is 4.80. The van der Waals surface area contributed by atoms with Crippen molar-refractivity contribution in [3.05, 3.63) is 100 Å². The summed E-state index contributed by atoms with van der Waals surface area (Å²) in [7, 11) is 0. The number of rotatable bonds is 8. The number of carbonyl (C=O) groups excluding carboxylic acids is 1. The molecule has 3 aromatic carbocycles. The molecule has 0 spiro atoms. The van der Waals surface area contributed by atoms with Crippen LogP contribution in [0.4, 0.5) is 17.6 Å². The molecule has 1 N–H and O–H groups in total. The SMILES string of the molecule is CC(c1ccc(Cl)cc1)C(CNC(=O)C(C)(C)Oc1cc(F)cc(F)c1)c1cc(F)cc(F)c1. The van der Waals surface area contributed by atoms with E-state index in [4.69, 9.17) is 16.3 Å². The minimum atomic E-state index is -1.48. The highest BCUT2D eigenvalue weighted by molar-refractivity contribution is 6.30. The first kappa shape index (κ1) is 25.6. The lowest BCUT2D eigenvalue weighted by atomic mass is 9.82. The van der Waals surface area contributed by atoms with Crippen LogP contribution in [0.5, 0.6) is 5.75 Å². The van der Waals surface area contributed by atoms with Crippen LogP contribution in [0.1, 0.15) is 43.7 Å². The highest BCUT2D eigenvalue weighted by Crippen LogP contribution is 2.34. The third-order valence-corrected chi connectivity index (χ3v) is 5.80. The van der Waals surface area contributed by atoms with Gasteiger partial charge >= 0.3 is 0 Å². The number of carbonyl (C=O) groups is 1. The molecule has 3 nitrogen and oxygen atoms in total. The lowest BCUT2D eigenvalue weighted by molar-refractivity contribution is -0.134. The molecule has 0 saturated heterocycles. The normalized spacial score (nSPS) is 13.3. The third kappa shape index (κ3) is 6.50. The fourth-order valence-electron chi connectivity index (χ4n) is 3.72. The summed E-state index contributed by atoms with van der Waals surface area (Å²) in [5.41, 5.74) is -0.258. The summed E-state index contributed by atoms with van der Waals surface area (Å²) < 4.78 is 60.5. The quantitative estimate of drug-likeness (QED) is 0.352. The second-order valence-corrected chi connectivity index (χ2v) is 9.01. The van der Waals surface area contributed by atoms with Gasteiger partial charge in [0.15, 0.2) is 5.60 Å². The summed E-state index contributed by atoms with van der Waals surface area (Å²) >= 11 is 5.98. The minimum Gasteiger partial charge on any atom is -0.478 e. The zero-order chi connectivity index (χ0) is 25.0. The molecule has 8 heteroatoms. The van der Waals surface area contributed by atoms with Crippen LogP contribution < -0.4 is 10.1 Å². The molecule has 34 heavy (non-hydrogen) atoms. The molecule has 0 aliphatic rings. The monoisotopic (exact) mass is 493 g/mol. The van der Waals surface area contributed by atoms with Crippen molar-refractivity contribution in [2.75, 3.05) is 6.54 Å². The van der Waals surface area contributed by atoms with Gasteiger partial charge in [-0.2, -0.15) is 0 Å². The highest BCUT2D eigenvalue weighted by Gasteiger charge is 2.32. The van der Waals surface area contributed by atoms with E-state index in [1.807, 2.05) is 19.1 Å². The fourth-order valence-corrected chi connectivity index (χ4v) is 3.84. The summed E-state index contributed by atoms with van der Waals surface area (Å²) in [5, 5.41) is 3.30. The molecule has 0 aromatic heterocycles. The maximum Gasteiger partial charge on any atom is 0.263 e. The molecule has 0 bridgehead atoms. The van der Waals surface area contributed by atoms with Gasteiger partial charge in [0.1, 0.15) is 29.0 Å². The molecule has 1 amide bonds. The van der Waals surface area contributed by atoms with E-state index in [0.717, 1.165) is 23.8 Å². The Morgan fingerprint density at radius 1 is 0.882 bits per heavy atom. The molecular weight excluding hydrogens is 470 g/mol. The lowest BCUT2D eigenvalue weighted by Crippen LogP contribution is -2.48. The molecule has 0 saturated carbocycles. The van der Waals surface area contributed by atoms with Gasteiger partial charge in [0, 0.05) is 41.8 Å². The molecule has 0 radical (unpaired) electrons. The molecule has 0 aliphatic heterocycles. The summed E-state index contributed by atoms with van der Waals surface area (Å²) in [6.07, 6.45) is 0. The Hall–Kier alpha value is -3.06. The Morgan fingerprint density at radius 3 is 1.91 bits per heavy atom. The van der Waals surface area contributed by atoms with E-state index < -0.39 is 40.7 Å². The van der Waals surface area contributed by atoms with Crippen LogP contribution in [0, 0.1) is 23.3 Å². The van der Waals surface area contributed by atoms with Crippen LogP contribution in [0.25, 0.3) is 0 Å². The highest BCUT2D eigenvalue weighted by atomic mass is 35.5. The smallest absolute Gasteiger partial charge is 0.263 e. The van der Waals surface area contributed by atoms with E-state index in [-0.39, 0.29) is 18.2 Å². The van der Waals surface area contributed by atoms with Crippen molar-refractivity contribution in [1.82, 2.24) is 5.32 Å². The summed E-state index contributed by atoms with van der Waals surface area (Å²) in [4.78, 5) is 12.9. The van der Waals surface area contributed by atoms with E-state index in [2.05, 4.69) is 5.32 Å². The first-order valence-corrected chi connectivity index (χ1v) is 11.0. The number of benzene rings is 3. The van der Waals surface area contributed by atoms with Crippen molar-refractivity contribution in [2.24, 2.45) is 0 Å². The molecular formula is C26H24ClF4NO2. The molecule has 3 aromatic rings. The summed E-state index contributed by atoms with van der Waals surface area (Å²) in [5.74, 6) is -4.60. The topological polar surface area (TPSA) is 38.3 Å². The Labute approximate surface area is 200 Å². The lowest BCUT2D eigenvalue weighted by Gasteiger charge is -2.29. The molecule has 2 atom stereocenters. The maximum atomic E-state index is 14.0. The molecule has 180 valence electrons. The number of halogens is 5. The predicted molar refractivity (Wildman–Crippen MR) is 123 cm³/mol. The van der Waals surface area contributed by atoms with Crippen LogP contribution >= 0.6 is 11.6 Å². The van der Waals surface area contributed by atoms with E-state index in [9.17, 15) is 22.4 Å². The molecule has 2 unspecified atom stereocenters. The summed E-state index contributed by atoms with van der Waals surface area (Å²) in [6, 6.07) is 12.9. The van der Waals surface area contributed by atoms with Gasteiger partial charge in [-0.1, -0.05) is 30.7 Å². The Bertz CT molecular complexity index is 1130. The van der Waals surface area contributed by atoms with Gasteiger partial charge < -0.3 is 10.1 Å². The van der Waals surface area contributed by atoms with Crippen LogP contribution in [-0.2, 0) is 4.79 Å². The number of nitrogens with one attached hydrogen (secondary N) is 1. The Balaban J connectivity index is 1.82. The van der Waals surface area contributed by atoms with Gasteiger partial charge in [-0.05, 0) is 55.2 Å². The van der Waals surface area contributed by atoms with Gasteiger partial charge in [0.2, 0.25) is 0 Å². The number of hydrogen-bond donors (Lipinski definition) is 1. The predicted octanol–water partition coefficient (Wildman–Crippen LogP) is 6.76. The fraction of sp³-hybridized carbons (Fsp3) is 0.269. The van der Waals surface area contributed by atoms with Crippen LogP contribution in [0.15, 0.2) is 60.7 Å². The van der Waals surface area contributed by atoms with Crippen molar-refractivity contribution < 1.29 is 27.1 Å². The van der Waals surface area contributed by atoms with Crippen molar-refractivity contribution in [3.8, 4) is 5.75 Å². The number of hydrogen-bond acceptors (Lipinski definition) is 2. The number of ether oxygens (including phenoxy) is 1. The second-order valence-electron chi connectivity index (χ2n) is 8.58. The van der Waals surface area contributed by atoms with Gasteiger partial charge in [0.25, 0.3) is 5.91 Å². The zero-order valence-corrected chi connectivity index (χ0v) is 19.6. The third-order valence-electron chi connectivity index (χ3n) is 5.55. The standard InChI is InChI=1S/C26H24ClF4NO2/c1-15(16-4-6-18(27)7-5-16)24(17-8-19(28)10-20(29)9-17)14-32-25(33)26(2,3)34-23-12-21(30)11-22(31)13-23/h4-13,15,24H,14H2,1-3H3,(H,32,33). The second kappa shape index (κ2) is 10.5. The average molecular weight is 494 g/mol. The van der Waals surface area contributed by atoms with Crippen molar-refractivity contribution >= 4 is 17.5 Å². The van der Waals surface area contributed by atoms with Gasteiger partial charge in [0.05, 0.1) is 0 Å². The minimum absolute atomic E-state index is 0.0236. The molecule has 0 heterocycles. The van der Waals surface area contributed by atoms with Crippen molar-refractivity contribution in [1.29, 1.82) is 0 Å². The van der Waals surface area contributed by atoms with E-state index in [1.54, 1.807) is 12.1 Å². The number of amides is 1. The van der Waals surface area contributed by atoms with Crippen LogP contribution in [-0.4, -0.2) is 18.1 Å². The van der Waals surface area contributed by atoms with Gasteiger partial charge in [-0.15, -0.1) is 0 Å². The molecule has 0 aliphatic carbocycles. The van der Waals surface area contributed by atoms with Crippen molar-refractivity contribution in [2.45, 2.75) is 38.2 Å². The van der Waals surface area contributed by atoms with E-state index >= 15 is 0 Å². The average Bonchev–Trinajstić information content (AvgIpc) is 2.72. The van der Waals surface area contributed by atoms with E-state index in [1.165, 1.54) is 26.0 Å². The molecule has 3 rings (SSSR count). The Morgan fingerprint density at radius 2 is 1.38 bits per heavy atom. The van der Waals surface area contributed by atoms with Crippen molar-refractivity contribution in [3.63, 3.8) is 0 Å². The zero-order valence-electron chi connectivity index (χ0n) is 18.8. The maximum absolute atomic E-state index is 14.0. The van der Waals surface area contributed by atoms with Crippen LogP contribution in [0.2, 0.25) is 5.02 Å². The van der Waals surface area contributed by atoms with E-state index in [0.29, 0.717) is 16.7 Å². The molecule has 0 fully saturated rings. The van der Waals surface area contributed by atoms with Crippen LogP contribution in [0.3, 0.4) is 0 Å². The Kier molecular flexibility index (Phi) is 7.87. The van der Waals surface area contributed by atoms with Gasteiger partial charge in [-0.3, -0.25) is 4.79 Å².